The highest BCUT2D eigenvalue weighted by atomic mass is 32.2. The Kier molecular flexibility index (Phi) is 4.37. The molecule has 2 aromatic carbocycles. The van der Waals surface area contributed by atoms with Gasteiger partial charge in [0.2, 0.25) is 5.16 Å². The van der Waals surface area contributed by atoms with Crippen molar-refractivity contribution in [3.8, 4) is 17.0 Å². The molecule has 0 fully saturated rings. The summed E-state index contributed by atoms with van der Waals surface area (Å²) in [5, 5.41) is 5.10. The molecule has 0 unspecified atom stereocenters. The van der Waals surface area contributed by atoms with Crippen molar-refractivity contribution in [1.82, 2.24) is 19.6 Å². The number of carbonyl (C=O) groups excluding carboxylic acids is 1. The minimum absolute atomic E-state index is 0.384. The zero-order chi connectivity index (χ0) is 17.9. The number of fused-ring (bicyclic) bond motifs is 1. The summed E-state index contributed by atoms with van der Waals surface area (Å²) in [6, 6.07) is 18.0. The minimum Gasteiger partial charge on any atom is -0.423 e. The number of rotatable bonds is 4. The molecule has 6 nitrogen and oxygen atoms in total. The fourth-order valence-corrected chi connectivity index (χ4v) is 2.85. The monoisotopic (exact) mass is 362 g/mol. The van der Waals surface area contributed by atoms with Crippen molar-refractivity contribution in [3.05, 3.63) is 72.4 Å². The van der Waals surface area contributed by atoms with Crippen LogP contribution in [-0.4, -0.2) is 31.8 Å². The molecule has 0 N–H and O–H groups in total. The summed E-state index contributed by atoms with van der Waals surface area (Å²) in [7, 11) is 0. The van der Waals surface area contributed by atoms with Gasteiger partial charge in [-0.2, -0.15) is 9.50 Å². The molecule has 0 spiro atoms. The number of esters is 1. The molecule has 0 aliphatic carbocycles. The van der Waals surface area contributed by atoms with E-state index in [1.807, 2.05) is 30.5 Å². The van der Waals surface area contributed by atoms with Gasteiger partial charge in [0.15, 0.2) is 0 Å². The molecular formula is C19H14N4O2S. The van der Waals surface area contributed by atoms with Gasteiger partial charge in [-0.15, -0.1) is 5.10 Å². The molecule has 4 rings (SSSR count). The average Bonchev–Trinajstić information content (AvgIpc) is 3.13. The number of carbonyl (C=O) groups is 1. The topological polar surface area (TPSA) is 69.4 Å². The Hall–Kier alpha value is -3.19. The number of nitrogens with zero attached hydrogens (tertiary/aromatic N) is 4. The van der Waals surface area contributed by atoms with E-state index < -0.39 is 0 Å². The first-order valence-electron chi connectivity index (χ1n) is 7.88. The van der Waals surface area contributed by atoms with Crippen LogP contribution in [0.25, 0.3) is 17.0 Å². The highest BCUT2D eigenvalue weighted by Gasteiger charge is 2.11. The maximum atomic E-state index is 12.1. The molecule has 128 valence electrons. The lowest BCUT2D eigenvalue weighted by Crippen LogP contribution is -2.08. The lowest BCUT2D eigenvalue weighted by molar-refractivity contribution is 0.0735. The van der Waals surface area contributed by atoms with Crippen molar-refractivity contribution in [2.75, 3.05) is 6.26 Å². The maximum absolute atomic E-state index is 12.1. The van der Waals surface area contributed by atoms with E-state index >= 15 is 0 Å². The Morgan fingerprint density at radius 3 is 2.54 bits per heavy atom. The molecule has 2 aromatic heterocycles. The number of ether oxygens (including phenoxy) is 1. The summed E-state index contributed by atoms with van der Waals surface area (Å²) in [6.45, 7) is 0. The van der Waals surface area contributed by atoms with Crippen molar-refractivity contribution >= 4 is 23.5 Å². The van der Waals surface area contributed by atoms with Gasteiger partial charge in [-0.05, 0) is 48.7 Å². The molecular weight excluding hydrogens is 348 g/mol. The second-order valence-electron chi connectivity index (χ2n) is 5.42. The third-order valence-corrected chi connectivity index (χ3v) is 4.31. The first-order valence-corrected chi connectivity index (χ1v) is 9.10. The number of benzene rings is 2. The molecule has 0 aliphatic heterocycles. The lowest BCUT2D eigenvalue weighted by atomic mass is 10.1. The van der Waals surface area contributed by atoms with Gasteiger partial charge in [0.1, 0.15) is 5.75 Å². The van der Waals surface area contributed by atoms with Gasteiger partial charge in [0.05, 0.1) is 11.3 Å². The average molecular weight is 362 g/mol. The van der Waals surface area contributed by atoms with Gasteiger partial charge in [0, 0.05) is 11.8 Å². The van der Waals surface area contributed by atoms with E-state index in [2.05, 4.69) is 15.1 Å². The molecule has 2 heterocycles. The van der Waals surface area contributed by atoms with E-state index in [0.717, 1.165) is 11.3 Å². The Morgan fingerprint density at radius 2 is 1.81 bits per heavy atom. The fourth-order valence-electron chi connectivity index (χ4n) is 2.51. The largest absolute Gasteiger partial charge is 0.423 e. The van der Waals surface area contributed by atoms with Crippen molar-refractivity contribution in [1.29, 1.82) is 0 Å². The Morgan fingerprint density at radius 1 is 1.04 bits per heavy atom. The molecule has 4 aromatic rings. The Labute approximate surface area is 153 Å². The van der Waals surface area contributed by atoms with Crippen LogP contribution >= 0.6 is 11.8 Å². The standard InChI is InChI=1S/C19H14N4O2S/c1-26-19-21-18-20-12-11-16(23(18)22-19)13-7-9-15(10-8-13)25-17(24)14-5-3-2-4-6-14/h2-12H,1H3. The van der Waals surface area contributed by atoms with Crippen LogP contribution in [0.3, 0.4) is 0 Å². The Balaban J connectivity index is 1.60. The van der Waals surface area contributed by atoms with Gasteiger partial charge in [0.25, 0.3) is 5.78 Å². The minimum atomic E-state index is -0.384. The van der Waals surface area contributed by atoms with E-state index in [9.17, 15) is 4.79 Å². The summed E-state index contributed by atoms with van der Waals surface area (Å²) < 4.78 is 7.12. The van der Waals surface area contributed by atoms with Gasteiger partial charge < -0.3 is 4.74 Å². The Bertz CT molecular complexity index is 1060. The number of thioether (sulfide) groups is 1. The molecule has 7 heteroatoms. The van der Waals surface area contributed by atoms with Crippen molar-refractivity contribution < 1.29 is 9.53 Å². The predicted octanol–water partition coefficient (Wildman–Crippen LogP) is 3.73. The third kappa shape index (κ3) is 3.16. The fraction of sp³-hybridized carbons (Fsp3) is 0.0526. The first-order chi connectivity index (χ1) is 12.7. The summed E-state index contributed by atoms with van der Waals surface area (Å²) in [4.78, 5) is 20.7. The molecule has 0 amide bonds. The van der Waals surface area contributed by atoms with Gasteiger partial charge in [-0.3, -0.25) is 0 Å². The van der Waals surface area contributed by atoms with E-state index in [-0.39, 0.29) is 5.97 Å². The van der Waals surface area contributed by atoms with Crippen LogP contribution in [0, 0.1) is 0 Å². The summed E-state index contributed by atoms with van der Waals surface area (Å²) in [6.07, 6.45) is 3.62. The second-order valence-corrected chi connectivity index (χ2v) is 6.19. The van der Waals surface area contributed by atoms with Crippen LogP contribution in [0.2, 0.25) is 0 Å². The van der Waals surface area contributed by atoms with E-state index in [0.29, 0.717) is 22.2 Å². The van der Waals surface area contributed by atoms with Crippen LogP contribution in [0.5, 0.6) is 5.75 Å². The van der Waals surface area contributed by atoms with Crippen molar-refractivity contribution in [2.24, 2.45) is 0 Å². The van der Waals surface area contributed by atoms with Gasteiger partial charge in [-0.25, -0.2) is 9.78 Å². The lowest BCUT2D eigenvalue weighted by Gasteiger charge is -2.07. The highest BCUT2D eigenvalue weighted by molar-refractivity contribution is 7.98. The van der Waals surface area contributed by atoms with Crippen LogP contribution in [0.15, 0.2) is 72.0 Å². The summed E-state index contributed by atoms with van der Waals surface area (Å²) in [5.74, 6) is 0.647. The number of hydrogen-bond acceptors (Lipinski definition) is 6. The van der Waals surface area contributed by atoms with Crippen LogP contribution < -0.4 is 4.74 Å². The van der Waals surface area contributed by atoms with Crippen LogP contribution in [-0.2, 0) is 0 Å². The van der Waals surface area contributed by atoms with Crippen LogP contribution in [0.1, 0.15) is 10.4 Å². The summed E-state index contributed by atoms with van der Waals surface area (Å²) >= 11 is 1.47. The zero-order valence-corrected chi connectivity index (χ0v) is 14.7. The van der Waals surface area contributed by atoms with Crippen molar-refractivity contribution in [3.63, 3.8) is 0 Å². The second kappa shape index (κ2) is 6.97. The molecule has 26 heavy (non-hydrogen) atoms. The van der Waals surface area contributed by atoms with Crippen molar-refractivity contribution in [2.45, 2.75) is 5.16 Å². The normalized spacial score (nSPS) is 10.8. The SMILES string of the molecule is CSc1nc2nccc(-c3ccc(OC(=O)c4ccccc4)cc3)n2n1. The number of hydrogen-bond donors (Lipinski definition) is 0. The highest BCUT2D eigenvalue weighted by Crippen LogP contribution is 2.23. The molecule has 0 saturated heterocycles. The molecule has 0 saturated carbocycles. The van der Waals surface area contributed by atoms with Gasteiger partial charge in [-0.1, -0.05) is 30.0 Å². The zero-order valence-electron chi connectivity index (χ0n) is 13.9. The first kappa shape index (κ1) is 16.3. The van der Waals surface area contributed by atoms with E-state index in [1.54, 1.807) is 47.1 Å². The smallest absolute Gasteiger partial charge is 0.343 e. The van der Waals surface area contributed by atoms with E-state index in [4.69, 9.17) is 4.74 Å². The molecule has 0 bridgehead atoms. The predicted molar refractivity (Wildman–Crippen MR) is 99.4 cm³/mol. The quantitative estimate of drug-likeness (QED) is 0.313. The molecule has 0 radical (unpaired) electrons. The van der Waals surface area contributed by atoms with Crippen LogP contribution in [0.4, 0.5) is 0 Å². The maximum Gasteiger partial charge on any atom is 0.343 e. The van der Waals surface area contributed by atoms with Gasteiger partial charge >= 0.3 is 5.97 Å². The molecule has 0 aliphatic rings. The van der Waals surface area contributed by atoms with E-state index in [1.165, 1.54) is 11.8 Å². The summed E-state index contributed by atoms with van der Waals surface area (Å²) in [5.41, 5.74) is 2.30. The molecule has 0 atom stereocenters. The third-order valence-electron chi connectivity index (χ3n) is 3.77. The number of aromatic nitrogens is 4.